The Bertz CT molecular complexity index is 578. The first kappa shape index (κ1) is 20.5. The van der Waals surface area contributed by atoms with Crippen LogP contribution in [0.4, 0.5) is 0 Å². The molecule has 0 aliphatic carbocycles. The van der Waals surface area contributed by atoms with E-state index in [1.807, 2.05) is 0 Å². The number of thiocarbonyl (C=S) groups is 1. The van der Waals surface area contributed by atoms with Crippen molar-refractivity contribution in [2.24, 2.45) is 0 Å². The molecule has 1 aromatic rings. The Morgan fingerprint density at radius 3 is 2.37 bits per heavy atom. The van der Waals surface area contributed by atoms with Crippen molar-refractivity contribution in [3.63, 3.8) is 0 Å². The van der Waals surface area contributed by atoms with Gasteiger partial charge in [0.05, 0.1) is 52.5 Å². The lowest BCUT2D eigenvalue weighted by molar-refractivity contribution is -0.917. The number of nitrogens with zero attached hydrogens (tertiary/aromatic N) is 1. The summed E-state index contributed by atoms with van der Waals surface area (Å²) in [7, 11) is 0. The Morgan fingerprint density at radius 1 is 1.07 bits per heavy atom. The number of hydrogen-bond donors (Lipinski definition) is 3. The molecule has 5 nitrogen and oxygen atoms in total. The van der Waals surface area contributed by atoms with Gasteiger partial charge in [-0.15, -0.1) is 0 Å². The van der Waals surface area contributed by atoms with E-state index in [2.05, 4.69) is 48.3 Å². The highest BCUT2D eigenvalue weighted by Gasteiger charge is 2.22. The van der Waals surface area contributed by atoms with Crippen LogP contribution >= 0.6 is 12.2 Å². The van der Waals surface area contributed by atoms with Gasteiger partial charge in [0.1, 0.15) is 19.6 Å². The highest BCUT2D eigenvalue weighted by atomic mass is 32.1. The molecular weight excluding hydrogens is 356 g/mol. The second-order valence-electron chi connectivity index (χ2n) is 8.15. The molecule has 1 aromatic carbocycles. The smallest absolute Gasteiger partial charge is 0.169 e. The van der Waals surface area contributed by atoms with Gasteiger partial charge in [-0.1, -0.05) is 38.1 Å². The largest absolute Gasteiger partial charge is 0.370 e. The van der Waals surface area contributed by atoms with E-state index >= 15 is 0 Å². The number of morpholine rings is 1. The predicted octanol–water partition coefficient (Wildman–Crippen LogP) is -0.700. The Hall–Kier alpha value is -1.21. The molecule has 2 aliphatic rings. The standard InChI is InChI=1S/C21H34N4OS/c1-18(2)20-5-3-19(4-6-20)17-24-9-11-25(12-10-24)21(27)22-7-8-23-13-15-26-16-14-23/h3-6,18H,7-17H2,1-2H3,(H,22,27)/p+2. The molecule has 2 heterocycles. The van der Waals surface area contributed by atoms with E-state index in [0.717, 1.165) is 77.2 Å². The molecule has 0 atom stereocenters. The van der Waals surface area contributed by atoms with E-state index in [1.54, 1.807) is 9.80 Å². The zero-order valence-corrected chi connectivity index (χ0v) is 17.7. The third-order valence-electron chi connectivity index (χ3n) is 5.81. The Morgan fingerprint density at radius 2 is 1.74 bits per heavy atom. The molecule has 2 saturated heterocycles. The van der Waals surface area contributed by atoms with E-state index in [9.17, 15) is 0 Å². The molecule has 0 saturated carbocycles. The summed E-state index contributed by atoms with van der Waals surface area (Å²) in [6.45, 7) is 16.1. The van der Waals surface area contributed by atoms with E-state index in [-0.39, 0.29) is 0 Å². The molecule has 0 spiro atoms. The number of piperazine rings is 1. The van der Waals surface area contributed by atoms with Crippen LogP contribution < -0.4 is 15.1 Å². The summed E-state index contributed by atoms with van der Waals surface area (Å²) in [5, 5.41) is 4.40. The summed E-state index contributed by atoms with van der Waals surface area (Å²) in [6.07, 6.45) is 0. The van der Waals surface area contributed by atoms with Gasteiger partial charge in [-0.05, 0) is 23.7 Å². The molecule has 2 fully saturated rings. The molecule has 3 N–H and O–H groups in total. The van der Waals surface area contributed by atoms with Gasteiger partial charge in [-0.2, -0.15) is 0 Å². The molecule has 0 unspecified atom stereocenters. The third-order valence-corrected chi connectivity index (χ3v) is 6.22. The van der Waals surface area contributed by atoms with Gasteiger partial charge in [-0.3, -0.25) is 0 Å². The summed E-state index contributed by atoms with van der Waals surface area (Å²) >= 11 is 5.62. The van der Waals surface area contributed by atoms with Crippen LogP contribution in [-0.2, 0) is 11.3 Å². The maximum atomic E-state index is 5.62. The number of quaternary nitrogens is 2. The maximum Gasteiger partial charge on any atom is 0.169 e. The van der Waals surface area contributed by atoms with Crippen LogP contribution in [-0.4, -0.2) is 75.6 Å². The number of rotatable bonds is 6. The van der Waals surface area contributed by atoms with E-state index in [4.69, 9.17) is 17.0 Å². The van der Waals surface area contributed by atoms with Crippen LogP contribution in [0, 0.1) is 0 Å². The average Bonchev–Trinajstić information content (AvgIpc) is 2.70. The lowest BCUT2D eigenvalue weighted by atomic mass is 10.0. The SMILES string of the molecule is CC(C)c1ccc(C[NH+]2CCN(C(=S)NCC[NH+]3CCOCC3)CC2)cc1. The summed E-state index contributed by atoms with van der Waals surface area (Å²) in [5.74, 6) is 0.605. The van der Waals surface area contributed by atoms with Crippen LogP contribution in [0.3, 0.4) is 0 Å². The topological polar surface area (TPSA) is 33.4 Å². The first-order valence-corrected chi connectivity index (χ1v) is 10.9. The van der Waals surface area contributed by atoms with Gasteiger partial charge in [0.2, 0.25) is 0 Å². The average molecular weight is 393 g/mol. The zero-order chi connectivity index (χ0) is 19.1. The Balaban J connectivity index is 1.34. The highest BCUT2D eigenvalue weighted by Crippen LogP contribution is 2.14. The fourth-order valence-corrected chi connectivity index (χ4v) is 4.16. The van der Waals surface area contributed by atoms with Crippen molar-refractivity contribution < 1.29 is 14.5 Å². The maximum absolute atomic E-state index is 5.62. The van der Waals surface area contributed by atoms with Crippen molar-refractivity contribution in [3.05, 3.63) is 35.4 Å². The second kappa shape index (κ2) is 10.4. The van der Waals surface area contributed by atoms with Crippen molar-refractivity contribution in [2.75, 3.05) is 65.6 Å². The fourth-order valence-electron chi connectivity index (χ4n) is 3.88. The van der Waals surface area contributed by atoms with Crippen LogP contribution in [0.1, 0.15) is 30.9 Å². The van der Waals surface area contributed by atoms with Crippen LogP contribution in [0.15, 0.2) is 24.3 Å². The van der Waals surface area contributed by atoms with E-state index < -0.39 is 0 Å². The highest BCUT2D eigenvalue weighted by molar-refractivity contribution is 7.80. The van der Waals surface area contributed by atoms with Gasteiger partial charge in [0.15, 0.2) is 5.11 Å². The van der Waals surface area contributed by atoms with Crippen molar-refractivity contribution in [1.82, 2.24) is 10.2 Å². The van der Waals surface area contributed by atoms with Crippen molar-refractivity contribution >= 4 is 17.3 Å². The Kier molecular flexibility index (Phi) is 7.88. The van der Waals surface area contributed by atoms with Crippen LogP contribution in [0.25, 0.3) is 0 Å². The molecule has 2 aliphatic heterocycles. The number of nitrogens with one attached hydrogen (secondary N) is 3. The quantitative estimate of drug-likeness (QED) is 0.560. The molecule has 3 rings (SSSR count). The molecule has 6 heteroatoms. The van der Waals surface area contributed by atoms with E-state index in [0.29, 0.717) is 5.92 Å². The summed E-state index contributed by atoms with van der Waals surface area (Å²) in [5.41, 5.74) is 2.87. The molecule has 0 bridgehead atoms. The Labute approximate surface area is 169 Å². The predicted molar refractivity (Wildman–Crippen MR) is 113 cm³/mol. The van der Waals surface area contributed by atoms with Gasteiger partial charge in [0, 0.05) is 5.56 Å². The van der Waals surface area contributed by atoms with Crippen LogP contribution in [0.2, 0.25) is 0 Å². The number of ether oxygens (including phenoxy) is 1. The minimum Gasteiger partial charge on any atom is -0.370 e. The number of hydrogen-bond acceptors (Lipinski definition) is 2. The van der Waals surface area contributed by atoms with Gasteiger partial charge < -0.3 is 24.8 Å². The lowest BCUT2D eigenvalue weighted by Crippen LogP contribution is -3.14. The molecular formula is C21H36N4OS+2. The van der Waals surface area contributed by atoms with E-state index in [1.165, 1.54) is 11.1 Å². The normalized spacial score (nSPS) is 19.4. The molecule has 27 heavy (non-hydrogen) atoms. The minimum absolute atomic E-state index is 0.605. The van der Waals surface area contributed by atoms with Crippen molar-refractivity contribution in [3.8, 4) is 0 Å². The van der Waals surface area contributed by atoms with Gasteiger partial charge >= 0.3 is 0 Å². The fraction of sp³-hybridized carbons (Fsp3) is 0.667. The van der Waals surface area contributed by atoms with Crippen molar-refractivity contribution in [1.29, 1.82) is 0 Å². The summed E-state index contributed by atoms with van der Waals surface area (Å²) in [4.78, 5) is 5.62. The molecule has 0 radical (unpaired) electrons. The molecule has 0 amide bonds. The monoisotopic (exact) mass is 392 g/mol. The number of benzene rings is 1. The molecule has 0 aromatic heterocycles. The second-order valence-corrected chi connectivity index (χ2v) is 8.54. The van der Waals surface area contributed by atoms with Gasteiger partial charge in [0.25, 0.3) is 0 Å². The van der Waals surface area contributed by atoms with Crippen molar-refractivity contribution in [2.45, 2.75) is 26.3 Å². The molecule has 150 valence electrons. The van der Waals surface area contributed by atoms with Gasteiger partial charge in [-0.25, -0.2) is 0 Å². The minimum atomic E-state index is 0.605. The van der Waals surface area contributed by atoms with Crippen LogP contribution in [0.5, 0.6) is 0 Å². The zero-order valence-electron chi connectivity index (χ0n) is 16.9. The third kappa shape index (κ3) is 6.42. The summed E-state index contributed by atoms with van der Waals surface area (Å²) < 4.78 is 5.41. The first-order valence-electron chi connectivity index (χ1n) is 10.5. The lowest BCUT2D eigenvalue weighted by Gasteiger charge is -2.34. The summed E-state index contributed by atoms with van der Waals surface area (Å²) in [6, 6.07) is 9.17. The first-order chi connectivity index (χ1) is 13.1.